The zero-order valence-electron chi connectivity index (χ0n) is 12.2. The highest BCUT2D eigenvalue weighted by atomic mass is 16.5. The molecule has 112 valence electrons. The van der Waals surface area contributed by atoms with Crippen molar-refractivity contribution in [2.75, 3.05) is 0 Å². The third-order valence-electron chi connectivity index (χ3n) is 4.22. The number of aromatic nitrogens is 1. The highest BCUT2D eigenvalue weighted by molar-refractivity contribution is 5.75. The lowest BCUT2D eigenvalue weighted by molar-refractivity contribution is -0.0245. The summed E-state index contributed by atoms with van der Waals surface area (Å²) < 4.78 is 11.6. The Morgan fingerprint density at radius 1 is 1.09 bits per heavy atom. The lowest BCUT2D eigenvalue weighted by Gasteiger charge is -2.33. The van der Waals surface area contributed by atoms with Crippen LogP contribution in [0.25, 0.3) is 22.6 Å². The maximum atomic E-state index is 5.88. The van der Waals surface area contributed by atoms with Gasteiger partial charge in [0.1, 0.15) is 5.52 Å². The highest BCUT2D eigenvalue weighted by Crippen LogP contribution is 2.25. The van der Waals surface area contributed by atoms with E-state index in [1.807, 2.05) is 48.5 Å². The van der Waals surface area contributed by atoms with Crippen LogP contribution in [0.4, 0.5) is 0 Å². The summed E-state index contributed by atoms with van der Waals surface area (Å²) >= 11 is 0. The predicted molar refractivity (Wildman–Crippen MR) is 85.2 cm³/mol. The molecular weight excluding hydrogens is 276 g/mol. The first-order chi connectivity index (χ1) is 10.8. The normalized spacial score (nSPS) is 21.0. The minimum atomic E-state index is 0.207. The number of nitrogens with zero attached hydrogens (tertiary/aromatic N) is 1. The Morgan fingerprint density at radius 3 is 2.59 bits per heavy atom. The molecule has 0 bridgehead atoms. The van der Waals surface area contributed by atoms with Crippen molar-refractivity contribution in [2.45, 2.75) is 31.6 Å². The quantitative estimate of drug-likeness (QED) is 0.800. The van der Waals surface area contributed by atoms with Gasteiger partial charge in [-0.3, -0.25) is 0 Å². The summed E-state index contributed by atoms with van der Waals surface area (Å²) in [5.74, 6) is 0.648. The molecule has 4 rings (SSSR count). The Hall–Kier alpha value is -2.17. The van der Waals surface area contributed by atoms with Crippen LogP contribution in [0.15, 0.2) is 52.9 Å². The third-order valence-corrected chi connectivity index (χ3v) is 4.22. The lowest BCUT2D eigenvalue weighted by Crippen LogP contribution is -2.45. The van der Waals surface area contributed by atoms with Crippen LogP contribution in [0.1, 0.15) is 18.4 Å². The van der Waals surface area contributed by atoms with E-state index >= 15 is 0 Å². The molecule has 1 aliphatic carbocycles. The molecule has 22 heavy (non-hydrogen) atoms. The van der Waals surface area contributed by atoms with Crippen molar-refractivity contribution in [2.24, 2.45) is 5.73 Å². The van der Waals surface area contributed by atoms with E-state index in [2.05, 4.69) is 4.98 Å². The number of para-hydroxylation sites is 2. The molecule has 1 aliphatic rings. The molecule has 3 aromatic rings. The molecule has 2 aromatic carbocycles. The largest absolute Gasteiger partial charge is 0.436 e. The molecule has 1 aromatic heterocycles. The number of ether oxygens (including phenoxy) is 1. The summed E-state index contributed by atoms with van der Waals surface area (Å²) in [5.41, 5.74) is 9.68. The smallest absolute Gasteiger partial charge is 0.227 e. The molecule has 2 atom stereocenters. The molecule has 0 radical (unpaired) electrons. The molecule has 0 saturated heterocycles. The van der Waals surface area contributed by atoms with Gasteiger partial charge in [-0.05, 0) is 42.7 Å². The van der Waals surface area contributed by atoms with Gasteiger partial charge in [0.2, 0.25) is 5.89 Å². The summed E-state index contributed by atoms with van der Waals surface area (Å²) in [7, 11) is 0. The van der Waals surface area contributed by atoms with Gasteiger partial charge in [-0.2, -0.15) is 0 Å². The van der Waals surface area contributed by atoms with E-state index in [-0.39, 0.29) is 12.1 Å². The van der Waals surface area contributed by atoms with Crippen molar-refractivity contribution in [3.63, 3.8) is 0 Å². The topological polar surface area (TPSA) is 61.3 Å². The Morgan fingerprint density at radius 2 is 1.91 bits per heavy atom. The molecule has 1 saturated carbocycles. The summed E-state index contributed by atoms with van der Waals surface area (Å²) in [5, 5.41) is 0. The molecule has 1 heterocycles. The molecule has 1 fully saturated rings. The van der Waals surface area contributed by atoms with Crippen LogP contribution in [0.5, 0.6) is 0 Å². The van der Waals surface area contributed by atoms with Crippen LogP contribution in [0.3, 0.4) is 0 Å². The van der Waals surface area contributed by atoms with Gasteiger partial charge in [0.05, 0.1) is 12.7 Å². The molecule has 2 N–H and O–H groups in total. The monoisotopic (exact) mass is 294 g/mol. The molecule has 4 nitrogen and oxygen atoms in total. The molecule has 0 aliphatic heterocycles. The zero-order valence-corrected chi connectivity index (χ0v) is 12.2. The van der Waals surface area contributed by atoms with Crippen molar-refractivity contribution in [1.82, 2.24) is 4.98 Å². The van der Waals surface area contributed by atoms with E-state index in [4.69, 9.17) is 14.9 Å². The number of hydrogen-bond donors (Lipinski definition) is 1. The Bertz CT molecular complexity index is 746. The van der Waals surface area contributed by atoms with Gasteiger partial charge in [-0.15, -0.1) is 0 Å². The van der Waals surface area contributed by atoms with Crippen LogP contribution < -0.4 is 5.73 Å². The van der Waals surface area contributed by atoms with Crippen molar-refractivity contribution >= 4 is 11.1 Å². The number of fused-ring (bicyclic) bond motifs is 1. The van der Waals surface area contributed by atoms with Gasteiger partial charge in [-0.25, -0.2) is 4.98 Å². The Balaban J connectivity index is 1.48. The zero-order chi connectivity index (χ0) is 14.9. The summed E-state index contributed by atoms with van der Waals surface area (Å²) in [4.78, 5) is 4.50. The maximum absolute atomic E-state index is 5.88. The second-order valence-corrected chi connectivity index (χ2v) is 5.77. The predicted octanol–water partition coefficient (Wildman–Crippen LogP) is 3.50. The van der Waals surface area contributed by atoms with Gasteiger partial charge < -0.3 is 14.9 Å². The van der Waals surface area contributed by atoms with Crippen molar-refractivity contribution in [1.29, 1.82) is 0 Å². The van der Waals surface area contributed by atoms with Gasteiger partial charge in [0, 0.05) is 11.6 Å². The summed E-state index contributed by atoms with van der Waals surface area (Å²) in [6, 6.07) is 16.1. The second-order valence-electron chi connectivity index (χ2n) is 5.77. The number of rotatable bonds is 4. The molecule has 0 amide bonds. The SMILES string of the molecule is N[C@@H]1CC[C@H]1OCc1ccc(-c2nc3ccccc3o2)cc1. The van der Waals surface area contributed by atoms with Crippen LogP contribution in [-0.4, -0.2) is 17.1 Å². The van der Waals surface area contributed by atoms with E-state index in [9.17, 15) is 0 Å². The average molecular weight is 294 g/mol. The number of nitrogens with two attached hydrogens (primary N) is 1. The van der Waals surface area contributed by atoms with Gasteiger partial charge in [0.15, 0.2) is 5.58 Å². The third kappa shape index (κ3) is 2.51. The average Bonchev–Trinajstić information content (AvgIpc) is 2.98. The van der Waals surface area contributed by atoms with Crippen LogP contribution >= 0.6 is 0 Å². The first-order valence-electron chi connectivity index (χ1n) is 7.62. The fourth-order valence-electron chi connectivity index (χ4n) is 2.64. The van der Waals surface area contributed by atoms with Crippen LogP contribution in [0, 0.1) is 0 Å². The lowest BCUT2D eigenvalue weighted by atomic mass is 9.90. The fraction of sp³-hybridized carbons (Fsp3) is 0.278. The number of oxazole rings is 1. The first kappa shape index (κ1) is 13.5. The number of hydrogen-bond acceptors (Lipinski definition) is 4. The minimum Gasteiger partial charge on any atom is -0.436 e. The maximum Gasteiger partial charge on any atom is 0.227 e. The van der Waals surface area contributed by atoms with E-state index in [1.54, 1.807) is 0 Å². The highest BCUT2D eigenvalue weighted by Gasteiger charge is 2.27. The van der Waals surface area contributed by atoms with E-state index in [0.717, 1.165) is 35.1 Å². The molecule has 0 spiro atoms. The van der Waals surface area contributed by atoms with Gasteiger partial charge >= 0.3 is 0 Å². The fourth-order valence-corrected chi connectivity index (χ4v) is 2.64. The van der Waals surface area contributed by atoms with E-state index < -0.39 is 0 Å². The molecule has 4 heteroatoms. The van der Waals surface area contributed by atoms with Crippen molar-refractivity contribution in [3.8, 4) is 11.5 Å². The summed E-state index contributed by atoms with van der Waals surface area (Å²) in [6.45, 7) is 0.603. The van der Waals surface area contributed by atoms with E-state index in [0.29, 0.717) is 12.5 Å². The summed E-state index contributed by atoms with van der Waals surface area (Å²) in [6.07, 6.45) is 2.36. The van der Waals surface area contributed by atoms with Crippen molar-refractivity contribution in [3.05, 3.63) is 54.1 Å². The van der Waals surface area contributed by atoms with Crippen LogP contribution in [-0.2, 0) is 11.3 Å². The molecule has 0 unspecified atom stereocenters. The standard InChI is InChI=1S/C18H18N2O2/c19-14-9-10-16(14)21-11-12-5-7-13(8-6-12)18-20-15-3-1-2-4-17(15)22-18/h1-8,14,16H,9-11,19H2/t14-,16-/m1/s1. The first-order valence-corrected chi connectivity index (χ1v) is 7.62. The van der Waals surface area contributed by atoms with Gasteiger partial charge in [-0.1, -0.05) is 24.3 Å². The number of benzene rings is 2. The van der Waals surface area contributed by atoms with E-state index in [1.165, 1.54) is 0 Å². The molecular formula is C18H18N2O2. The van der Waals surface area contributed by atoms with Gasteiger partial charge in [0.25, 0.3) is 0 Å². The second kappa shape index (κ2) is 5.55. The van der Waals surface area contributed by atoms with Crippen LogP contribution in [0.2, 0.25) is 0 Å². The Kier molecular flexibility index (Phi) is 3.41. The van der Waals surface area contributed by atoms with Crippen molar-refractivity contribution < 1.29 is 9.15 Å². The Labute approximate surface area is 128 Å². The minimum absolute atomic E-state index is 0.207.